The summed E-state index contributed by atoms with van der Waals surface area (Å²) in [6.45, 7) is 0.156. The van der Waals surface area contributed by atoms with E-state index >= 15 is 0 Å². The molecule has 1 aliphatic rings. The van der Waals surface area contributed by atoms with Crippen LogP contribution in [0.25, 0.3) is 0 Å². The van der Waals surface area contributed by atoms with Crippen LogP contribution in [-0.2, 0) is 31.9 Å². The van der Waals surface area contributed by atoms with Crippen LogP contribution in [-0.4, -0.2) is 47.2 Å². The smallest absolute Gasteiger partial charge is 0.309 e. The van der Waals surface area contributed by atoms with Crippen molar-refractivity contribution in [3.8, 4) is 23.0 Å². The molecule has 3 rings (SSSR count). The van der Waals surface area contributed by atoms with Crippen LogP contribution in [0.3, 0.4) is 0 Å². The van der Waals surface area contributed by atoms with Gasteiger partial charge < -0.3 is 28.4 Å². The van der Waals surface area contributed by atoms with E-state index in [0.29, 0.717) is 23.0 Å². The predicted molar refractivity (Wildman–Crippen MR) is 111 cm³/mol. The molecule has 0 saturated heterocycles. The second-order valence-electron chi connectivity index (χ2n) is 7.04. The van der Waals surface area contributed by atoms with E-state index in [2.05, 4.69) is 0 Å². The SMILES string of the molecule is COC(=O)C(Cc1ccc(OC)c(OC)c1)C(Cc1ccc2c(c1)OCO2)C(=O)OC. The Labute approximate surface area is 181 Å². The first kappa shape index (κ1) is 22.3. The number of methoxy groups -OCH3 is 4. The monoisotopic (exact) mass is 430 g/mol. The average molecular weight is 430 g/mol. The van der Waals surface area contributed by atoms with Crippen molar-refractivity contribution in [1.29, 1.82) is 0 Å². The summed E-state index contributed by atoms with van der Waals surface area (Å²) >= 11 is 0. The van der Waals surface area contributed by atoms with Crippen LogP contribution in [0.1, 0.15) is 11.1 Å². The van der Waals surface area contributed by atoms with Crippen molar-refractivity contribution in [2.75, 3.05) is 35.2 Å². The second kappa shape index (κ2) is 10.1. The number of ether oxygens (including phenoxy) is 6. The standard InChI is InChI=1S/C23H26O8/c1-26-18-7-5-14(11-20(18)27-2)9-16(22(24)28-3)17(23(25)29-4)10-15-6-8-19-21(12-15)31-13-30-19/h5-8,11-12,16-17H,9-10,13H2,1-4H3. The van der Waals surface area contributed by atoms with Crippen LogP contribution in [0, 0.1) is 11.8 Å². The molecule has 0 aromatic heterocycles. The fourth-order valence-electron chi connectivity index (χ4n) is 3.67. The average Bonchev–Trinajstić information content (AvgIpc) is 3.28. The Kier molecular flexibility index (Phi) is 7.23. The summed E-state index contributed by atoms with van der Waals surface area (Å²) < 4.78 is 31.4. The summed E-state index contributed by atoms with van der Waals surface area (Å²) in [5, 5.41) is 0. The minimum atomic E-state index is -0.763. The zero-order chi connectivity index (χ0) is 22.4. The van der Waals surface area contributed by atoms with Crippen LogP contribution in [0.15, 0.2) is 36.4 Å². The molecule has 31 heavy (non-hydrogen) atoms. The molecule has 0 fully saturated rings. The number of hydrogen-bond acceptors (Lipinski definition) is 8. The Morgan fingerprint density at radius 1 is 0.774 bits per heavy atom. The molecule has 1 aliphatic heterocycles. The van der Waals surface area contributed by atoms with Gasteiger partial charge in [-0.05, 0) is 48.2 Å². The highest BCUT2D eigenvalue weighted by Gasteiger charge is 2.36. The second-order valence-corrected chi connectivity index (χ2v) is 7.04. The van der Waals surface area contributed by atoms with Crippen molar-refractivity contribution >= 4 is 11.9 Å². The van der Waals surface area contributed by atoms with Crippen LogP contribution in [0.5, 0.6) is 23.0 Å². The third-order valence-corrected chi connectivity index (χ3v) is 5.29. The van der Waals surface area contributed by atoms with Crippen LogP contribution >= 0.6 is 0 Å². The molecule has 1 heterocycles. The van der Waals surface area contributed by atoms with E-state index in [-0.39, 0.29) is 19.6 Å². The van der Waals surface area contributed by atoms with E-state index in [1.165, 1.54) is 21.3 Å². The molecular formula is C23H26O8. The number of fused-ring (bicyclic) bond motifs is 1. The van der Waals surface area contributed by atoms with Gasteiger partial charge in [-0.15, -0.1) is 0 Å². The number of rotatable bonds is 9. The lowest BCUT2D eigenvalue weighted by Gasteiger charge is -2.24. The van der Waals surface area contributed by atoms with Gasteiger partial charge in [-0.3, -0.25) is 9.59 Å². The van der Waals surface area contributed by atoms with E-state index in [1.807, 2.05) is 18.2 Å². The van der Waals surface area contributed by atoms with Crippen LogP contribution in [0.2, 0.25) is 0 Å². The Bertz CT molecular complexity index is 939. The first-order valence-electron chi connectivity index (χ1n) is 9.75. The molecule has 0 spiro atoms. The summed E-state index contributed by atoms with van der Waals surface area (Å²) in [6.07, 6.45) is 0.535. The number of carbonyl (C=O) groups excluding carboxylic acids is 2. The quantitative estimate of drug-likeness (QED) is 0.561. The van der Waals surface area contributed by atoms with E-state index < -0.39 is 23.8 Å². The maximum absolute atomic E-state index is 12.7. The van der Waals surface area contributed by atoms with Crippen LogP contribution in [0.4, 0.5) is 0 Å². The molecule has 8 heteroatoms. The molecule has 0 bridgehead atoms. The topological polar surface area (TPSA) is 89.5 Å². The summed E-state index contributed by atoms with van der Waals surface area (Å²) in [7, 11) is 5.70. The third kappa shape index (κ3) is 5.02. The molecule has 2 atom stereocenters. The summed E-state index contributed by atoms with van der Waals surface area (Å²) in [4.78, 5) is 25.4. The molecule has 8 nitrogen and oxygen atoms in total. The number of benzene rings is 2. The molecular weight excluding hydrogens is 404 g/mol. The molecule has 0 saturated carbocycles. The van der Waals surface area contributed by atoms with Gasteiger partial charge in [-0.25, -0.2) is 0 Å². The Morgan fingerprint density at radius 3 is 1.90 bits per heavy atom. The molecule has 0 amide bonds. The zero-order valence-electron chi connectivity index (χ0n) is 18.0. The Morgan fingerprint density at radius 2 is 1.32 bits per heavy atom. The van der Waals surface area contributed by atoms with Gasteiger partial charge in [0.2, 0.25) is 6.79 Å². The first-order chi connectivity index (χ1) is 15.0. The predicted octanol–water partition coefficient (Wildman–Crippen LogP) is 2.80. The van der Waals surface area contributed by atoms with E-state index in [1.54, 1.807) is 25.3 Å². The lowest BCUT2D eigenvalue weighted by molar-refractivity contribution is -0.157. The van der Waals surface area contributed by atoms with Gasteiger partial charge in [-0.1, -0.05) is 12.1 Å². The Balaban J connectivity index is 1.90. The van der Waals surface area contributed by atoms with Crippen molar-refractivity contribution < 1.29 is 38.0 Å². The minimum absolute atomic E-state index is 0.156. The normalized spacial score (nSPS) is 13.8. The van der Waals surface area contributed by atoms with Gasteiger partial charge in [0.25, 0.3) is 0 Å². The van der Waals surface area contributed by atoms with Crippen LogP contribution < -0.4 is 18.9 Å². The fourth-order valence-corrected chi connectivity index (χ4v) is 3.67. The maximum atomic E-state index is 12.7. The van der Waals surface area contributed by atoms with Gasteiger partial charge in [-0.2, -0.15) is 0 Å². The van der Waals surface area contributed by atoms with Gasteiger partial charge >= 0.3 is 11.9 Å². The van der Waals surface area contributed by atoms with Crippen molar-refractivity contribution in [2.24, 2.45) is 11.8 Å². The maximum Gasteiger partial charge on any atom is 0.309 e. The number of carbonyl (C=O) groups is 2. The largest absolute Gasteiger partial charge is 0.493 e. The van der Waals surface area contributed by atoms with Crippen molar-refractivity contribution in [3.05, 3.63) is 47.5 Å². The highest BCUT2D eigenvalue weighted by molar-refractivity contribution is 5.82. The van der Waals surface area contributed by atoms with E-state index in [4.69, 9.17) is 28.4 Å². The highest BCUT2D eigenvalue weighted by atomic mass is 16.7. The minimum Gasteiger partial charge on any atom is -0.493 e. The lowest BCUT2D eigenvalue weighted by Crippen LogP contribution is -2.34. The molecule has 2 aromatic carbocycles. The van der Waals surface area contributed by atoms with Crippen molar-refractivity contribution in [3.63, 3.8) is 0 Å². The van der Waals surface area contributed by atoms with E-state index in [9.17, 15) is 9.59 Å². The summed E-state index contributed by atoms with van der Waals surface area (Å²) in [6, 6.07) is 10.8. The molecule has 166 valence electrons. The van der Waals surface area contributed by atoms with Gasteiger partial charge in [0.05, 0.1) is 40.3 Å². The van der Waals surface area contributed by atoms with Gasteiger partial charge in [0, 0.05) is 0 Å². The van der Waals surface area contributed by atoms with Crippen molar-refractivity contribution in [2.45, 2.75) is 12.8 Å². The van der Waals surface area contributed by atoms with Gasteiger partial charge in [0.1, 0.15) is 0 Å². The third-order valence-electron chi connectivity index (χ3n) is 5.29. The summed E-state index contributed by atoms with van der Waals surface area (Å²) in [5.74, 6) is -0.144. The Hall–Kier alpha value is -3.42. The fraction of sp³-hybridized carbons (Fsp3) is 0.391. The lowest BCUT2D eigenvalue weighted by atomic mass is 9.82. The van der Waals surface area contributed by atoms with Gasteiger partial charge in [0.15, 0.2) is 23.0 Å². The molecule has 0 N–H and O–H groups in total. The highest BCUT2D eigenvalue weighted by Crippen LogP contribution is 2.35. The molecule has 2 unspecified atom stereocenters. The molecule has 2 aromatic rings. The summed E-state index contributed by atoms with van der Waals surface area (Å²) in [5.41, 5.74) is 1.62. The number of esters is 2. The van der Waals surface area contributed by atoms with E-state index in [0.717, 1.165) is 11.1 Å². The molecule has 0 radical (unpaired) electrons. The molecule has 0 aliphatic carbocycles. The number of hydrogen-bond donors (Lipinski definition) is 0. The van der Waals surface area contributed by atoms with Crippen molar-refractivity contribution in [1.82, 2.24) is 0 Å². The zero-order valence-corrected chi connectivity index (χ0v) is 18.0. The first-order valence-corrected chi connectivity index (χ1v) is 9.75.